The summed E-state index contributed by atoms with van der Waals surface area (Å²) in [6, 6.07) is 6.05. The Bertz CT molecular complexity index is 490. The van der Waals surface area contributed by atoms with Gasteiger partial charge in [0.15, 0.2) is 0 Å². The van der Waals surface area contributed by atoms with Crippen molar-refractivity contribution in [2.45, 2.75) is 37.1 Å². The molecule has 1 aromatic rings. The summed E-state index contributed by atoms with van der Waals surface area (Å²) in [5.41, 5.74) is -0.818. The van der Waals surface area contributed by atoms with Gasteiger partial charge in [-0.3, -0.25) is 0 Å². The molecule has 0 aliphatic rings. The molecule has 0 spiro atoms. The molecular weight excluding hydrogens is 274 g/mol. The maximum Gasteiger partial charge on any atom is 0.241 e. The average molecular weight is 292 g/mol. The molecule has 102 valence electrons. The van der Waals surface area contributed by atoms with Crippen LogP contribution in [0.25, 0.3) is 0 Å². The molecule has 0 aromatic heterocycles. The lowest BCUT2D eigenvalue weighted by atomic mass is 9.96. The van der Waals surface area contributed by atoms with Crippen LogP contribution in [0, 0.1) is 0 Å². The molecule has 2 N–H and O–H groups in total. The van der Waals surface area contributed by atoms with E-state index in [0.29, 0.717) is 17.9 Å². The van der Waals surface area contributed by atoms with Crippen LogP contribution < -0.4 is 4.72 Å². The quantitative estimate of drug-likeness (QED) is 0.844. The van der Waals surface area contributed by atoms with Crippen molar-refractivity contribution in [3.05, 3.63) is 29.3 Å². The average Bonchev–Trinajstić information content (AvgIpc) is 2.36. The van der Waals surface area contributed by atoms with Gasteiger partial charge in [-0.2, -0.15) is 0 Å². The van der Waals surface area contributed by atoms with Gasteiger partial charge in [-0.1, -0.05) is 31.5 Å². The van der Waals surface area contributed by atoms with E-state index in [0.717, 1.165) is 0 Å². The van der Waals surface area contributed by atoms with E-state index in [9.17, 15) is 13.5 Å². The Morgan fingerprint density at radius 3 is 2.39 bits per heavy atom. The molecule has 0 bridgehead atoms. The van der Waals surface area contributed by atoms with Gasteiger partial charge in [-0.05, 0) is 31.0 Å². The van der Waals surface area contributed by atoms with E-state index in [4.69, 9.17) is 11.6 Å². The smallest absolute Gasteiger partial charge is 0.241 e. The Morgan fingerprint density at radius 1 is 1.33 bits per heavy atom. The van der Waals surface area contributed by atoms with Gasteiger partial charge in [0.25, 0.3) is 0 Å². The molecule has 0 aliphatic carbocycles. The lowest BCUT2D eigenvalue weighted by molar-refractivity contribution is 0.172. The van der Waals surface area contributed by atoms with Crippen LogP contribution in [0.4, 0.5) is 0 Å². The van der Waals surface area contributed by atoms with Crippen LogP contribution >= 0.6 is 11.6 Å². The molecule has 0 unspecified atom stereocenters. The Morgan fingerprint density at radius 2 is 1.94 bits per heavy atom. The van der Waals surface area contributed by atoms with Crippen molar-refractivity contribution in [3.63, 3.8) is 0 Å². The van der Waals surface area contributed by atoms with Crippen molar-refractivity contribution in [3.8, 4) is 0 Å². The van der Waals surface area contributed by atoms with E-state index in [-0.39, 0.29) is 11.5 Å². The van der Waals surface area contributed by atoms with Crippen molar-refractivity contribution in [2.24, 2.45) is 0 Å². The molecule has 0 amide bonds. The minimum atomic E-state index is -3.67. The zero-order chi connectivity index (χ0) is 13.8. The molecule has 18 heavy (non-hydrogen) atoms. The van der Waals surface area contributed by atoms with E-state index in [1.165, 1.54) is 12.1 Å². The zero-order valence-electron chi connectivity index (χ0n) is 10.5. The lowest BCUT2D eigenvalue weighted by Crippen LogP contribution is -2.50. The van der Waals surface area contributed by atoms with Crippen LogP contribution in [0.1, 0.15) is 26.7 Å². The number of benzene rings is 1. The summed E-state index contributed by atoms with van der Waals surface area (Å²) in [4.78, 5) is 0.106. The van der Waals surface area contributed by atoms with E-state index >= 15 is 0 Å². The summed E-state index contributed by atoms with van der Waals surface area (Å²) < 4.78 is 27.0. The summed E-state index contributed by atoms with van der Waals surface area (Å²) in [5, 5.41) is 9.75. The number of aliphatic hydroxyl groups excluding tert-OH is 1. The minimum absolute atomic E-state index is 0.106. The number of nitrogens with one attached hydrogen (secondary N) is 1. The van der Waals surface area contributed by atoms with Crippen LogP contribution in [0.3, 0.4) is 0 Å². The summed E-state index contributed by atoms with van der Waals surface area (Å²) in [5.74, 6) is 0. The highest BCUT2D eigenvalue weighted by Gasteiger charge is 2.31. The van der Waals surface area contributed by atoms with Gasteiger partial charge in [0.2, 0.25) is 10.0 Å². The number of sulfonamides is 1. The summed E-state index contributed by atoms with van der Waals surface area (Å²) >= 11 is 5.78. The SMILES string of the molecule is CCC(CC)(CO)NS(=O)(=O)c1cccc(Cl)c1. The Hall–Kier alpha value is -0.620. The summed E-state index contributed by atoms with van der Waals surface area (Å²) in [6.45, 7) is 3.43. The van der Waals surface area contributed by atoms with Gasteiger partial charge in [-0.15, -0.1) is 0 Å². The normalized spacial score (nSPS) is 12.7. The highest BCUT2D eigenvalue weighted by molar-refractivity contribution is 7.89. The van der Waals surface area contributed by atoms with E-state index in [2.05, 4.69) is 4.72 Å². The molecule has 1 aromatic carbocycles. The molecule has 0 heterocycles. The maximum absolute atomic E-state index is 12.2. The van der Waals surface area contributed by atoms with Crippen LogP contribution in [-0.4, -0.2) is 25.7 Å². The highest BCUT2D eigenvalue weighted by Crippen LogP contribution is 2.21. The van der Waals surface area contributed by atoms with Crippen molar-refractivity contribution < 1.29 is 13.5 Å². The second-order valence-electron chi connectivity index (χ2n) is 4.21. The third-order valence-electron chi connectivity index (χ3n) is 3.11. The van der Waals surface area contributed by atoms with Crippen molar-refractivity contribution >= 4 is 21.6 Å². The van der Waals surface area contributed by atoms with E-state index < -0.39 is 15.6 Å². The molecule has 0 saturated carbocycles. The standard InChI is InChI=1S/C12H18ClNO3S/c1-3-12(4-2,9-15)14-18(16,17)11-7-5-6-10(13)8-11/h5-8,14-15H,3-4,9H2,1-2H3. The van der Waals surface area contributed by atoms with Gasteiger partial charge in [0.05, 0.1) is 17.0 Å². The summed E-state index contributed by atoms with van der Waals surface area (Å²) in [6.07, 6.45) is 1.03. The van der Waals surface area contributed by atoms with Gasteiger partial charge < -0.3 is 5.11 Å². The fourth-order valence-corrected chi connectivity index (χ4v) is 3.46. The number of rotatable bonds is 6. The number of halogens is 1. The minimum Gasteiger partial charge on any atom is -0.394 e. The van der Waals surface area contributed by atoms with Gasteiger partial charge in [0.1, 0.15) is 0 Å². The third kappa shape index (κ3) is 3.45. The van der Waals surface area contributed by atoms with Gasteiger partial charge in [0, 0.05) is 5.02 Å². The first-order valence-corrected chi connectivity index (χ1v) is 7.65. The molecule has 4 nitrogen and oxygen atoms in total. The first-order valence-electron chi connectivity index (χ1n) is 5.79. The van der Waals surface area contributed by atoms with Crippen molar-refractivity contribution in [1.29, 1.82) is 0 Å². The highest BCUT2D eigenvalue weighted by atomic mass is 35.5. The first-order chi connectivity index (χ1) is 8.39. The summed E-state index contributed by atoms with van der Waals surface area (Å²) in [7, 11) is -3.67. The molecule has 1 rings (SSSR count). The third-order valence-corrected chi connectivity index (χ3v) is 4.92. The Balaban J connectivity index is 3.08. The largest absolute Gasteiger partial charge is 0.394 e. The molecule has 0 atom stereocenters. The number of aliphatic hydroxyl groups is 1. The van der Waals surface area contributed by atoms with E-state index in [1.54, 1.807) is 12.1 Å². The molecule has 6 heteroatoms. The van der Waals surface area contributed by atoms with Crippen LogP contribution in [0.5, 0.6) is 0 Å². The molecular formula is C12H18ClNO3S. The zero-order valence-corrected chi connectivity index (χ0v) is 12.1. The molecule has 0 fully saturated rings. The Labute approximate surface area is 113 Å². The van der Waals surface area contributed by atoms with Crippen LogP contribution in [0.2, 0.25) is 5.02 Å². The van der Waals surface area contributed by atoms with Crippen LogP contribution in [-0.2, 0) is 10.0 Å². The fourth-order valence-electron chi connectivity index (χ4n) is 1.63. The Kier molecular flexibility index (Phi) is 5.16. The van der Waals surface area contributed by atoms with Crippen molar-refractivity contribution in [1.82, 2.24) is 4.72 Å². The van der Waals surface area contributed by atoms with Crippen LogP contribution in [0.15, 0.2) is 29.2 Å². The first kappa shape index (κ1) is 15.4. The van der Waals surface area contributed by atoms with Gasteiger partial charge >= 0.3 is 0 Å². The fraction of sp³-hybridized carbons (Fsp3) is 0.500. The maximum atomic E-state index is 12.2. The second-order valence-corrected chi connectivity index (χ2v) is 6.33. The number of hydrogen-bond donors (Lipinski definition) is 2. The topological polar surface area (TPSA) is 66.4 Å². The van der Waals surface area contributed by atoms with Crippen molar-refractivity contribution in [2.75, 3.05) is 6.61 Å². The lowest BCUT2D eigenvalue weighted by Gasteiger charge is -2.30. The molecule has 0 radical (unpaired) electrons. The van der Waals surface area contributed by atoms with Gasteiger partial charge in [-0.25, -0.2) is 13.1 Å². The predicted molar refractivity (Wildman–Crippen MR) is 72.2 cm³/mol. The molecule has 0 aliphatic heterocycles. The predicted octanol–water partition coefficient (Wildman–Crippen LogP) is 2.17. The monoisotopic (exact) mass is 291 g/mol. The second kappa shape index (κ2) is 6.02. The molecule has 0 saturated heterocycles. The number of hydrogen-bond acceptors (Lipinski definition) is 3. The van der Waals surface area contributed by atoms with E-state index in [1.807, 2.05) is 13.8 Å².